The summed E-state index contributed by atoms with van der Waals surface area (Å²) in [5.74, 6) is 0. The summed E-state index contributed by atoms with van der Waals surface area (Å²) in [6.07, 6.45) is -6.95. The summed E-state index contributed by atoms with van der Waals surface area (Å²) in [6, 6.07) is 5.39. The molecule has 0 bridgehead atoms. The normalized spacial score (nSPS) is 32.3. The number of ether oxygens (including phenoxy) is 2. The third-order valence-corrected chi connectivity index (χ3v) is 3.59. The zero-order valence-electron chi connectivity index (χ0n) is 11.8. The molecule has 1 aromatic carbocycles. The molecule has 8 heteroatoms. The number of aliphatic hydroxyl groups is 4. The second-order valence-corrected chi connectivity index (χ2v) is 5.27. The molecule has 0 saturated carbocycles. The molecule has 3 rings (SSSR count). The van der Waals surface area contributed by atoms with Crippen molar-refractivity contribution in [3.05, 3.63) is 23.8 Å². The molecule has 1 aliphatic rings. The Hall–Kier alpha value is -1.71. The van der Waals surface area contributed by atoms with E-state index in [4.69, 9.17) is 19.0 Å². The van der Waals surface area contributed by atoms with Crippen molar-refractivity contribution in [3.8, 4) is 6.08 Å². The molecule has 0 aliphatic carbocycles. The monoisotopic (exact) mass is 311 g/mol. The van der Waals surface area contributed by atoms with Gasteiger partial charge >= 0.3 is 6.08 Å². The molecule has 2 aromatic rings. The van der Waals surface area contributed by atoms with E-state index in [1.807, 2.05) is 13.0 Å². The van der Waals surface area contributed by atoms with Gasteiger partial charge in [-0.3, -0.25) is 0 Å². The highest BCUT2D eigenvalue weighted by Crippen LogP contribution is 2.26. The van der Waals surface area contributed by atoms with Crippen LogP contribution in [0.2, 0.25) is 0 Å². The molecule has 0 amide bonds. The van der Waals surface area contributed by atoms with Gasteiger partial charge in [0, 0.05) is 0 Å². The van der Waals surface area contributed by atoms with Crippen LogP contribution in [0, 0.1) is 6.92 Å². The van der Waals surface area contributed by atoms with Crippen molar-refractivity contribution >= 4 is 11.1 Å². The lowest BCUT2D eigenvalue weighted by Crippen LogP contribution is -2.60. The predicted octanol–water partition coefficient (Wildman–Crippen LogP) is -0.685. The highest BCUT2D eigenvalue weighted by atomic mass is 16.7. The number of benzene rings is 1. The maximum Gasteiger partial charge on any atom is 0.397 e. The van der Waals surface area contributed by atoms with Crippen LogP contribution in [0.25, 0.3) is 11.1 Å². The molecule has 5 atom stereocenters. The second kappa shape index (κ2) is 5.82. The summed E-state index contributed by atoms with van der Waals surface area (Å²) in [7, 11) is 0. The molecule has 1 fully saturated rings. The minimum atomic E-state index is -1.51. The van der Waals surface area contributed by atoms with E-state index in [1.165, 1.54) is 0 Å². The van der Waals surface area contributed by atoms with E-state index in [1.54, 1.807) is 12.1 Å². The highest BCUT2D eigenvalue weighted by molar-refractivity contribution is 5.73. The van der Waals surface area contributed by atoms with E-state index in [0.717, 1.165) is 5.56 Å². The summed E-state index contributed by atoms with van der Waals surface area (Å²) in [6.45, 7) is 1.38. The zero-order chi connectivity index (χ0) is 15.9. The number of hydrogen-bond donors (Lipinski definition) is 4. The van der Waals surface area contributed by atoms with Crippen molar-refractivity contribution in [2.45, 2.75) is 37.6 Å². The van der Waals surface area contributed by atoms with Crippen LogP contribution in [0.15, 0.2) is 22.6 Å². The van der Waals surface area contributed by atoms with E-state index in [-0.39, 0.29) is 6.08 Å². The van der Waals surface area contributed by atoms with E-state index in [9.17, 15) is 15.3 Å². The van der Waals surface area contributed by atoms with Crippen molar-refractivity contribution in [1.82, 2.24) is 4.98 Å². The molecule has 0 spiro atoms. The third-order valence-electron chi connectivity index (χ3n) is 3.59. The van der Waals surface area contributed by atoms with E-state index >= 15 is 0 Å². The first-order chi connectivity index (χ1) is 10.5. The van der Waals surface area contributed by atoms with Gasteiger partial charge in [0.05, 0.1) is 6.61 Å². The molecule has 1 aliphatic heterocycles. The first-order valence-corrected chi connectivity index (χ1v) is 6.84. The van der Waals surface area contributed by atoms with Gasteiger partial charge in [-0.2, -0.15) is 4.98 Å². The number of hydrogen-bond acceptors (Lipinski definition) is 8. The number of aromatic nitrogens is 1. The van der Waals surface area contributed by atoms with Crippen molar-refractivity contribution in [2.24, 2.45) is 0 Å². The zero-order valence-corrected chi connectivity index (χ0v) is 11.8. The van der Waals surface area contributed by atoms with Crippen LogP contribution in [0.3, 0.4) is 0 Å². The molecule has 8 nitrogen and oxygen atoms in total. The van der Waals surface area contributed by atoms with E-state index in [2.05, 4.69) is 4.98 Å². The number of rotatable bonds is 3. The smallest absolute Gasteiger partial charge is 0.397 e. The summed E-state index contributed by atoms with van der Waals surface area (Å²) in [5.41, 5.74) is 2.09. The van der Waals surface area contributed by atoms with Gasteiger partial charge in [0.25, 0.3) is 0 Å². The minimum Gasteiger partial charge on any atom is -0.417 e. The maximum atomic E-state index is 9.89. The van der Waals surface area contributed by atoms with Gasteiger partial charge in [-0.05, 0) is 24.6 Å². The van der Waals surface area contributed by atoms with E-state index < -0.39 is 37.3 Å². The van der Waals surface area contributed by atoms with Gasteiger partial charge < -0.3 is 34.3 Å². The second-order valence-electron chi connectivity index (χ2n) is 5.27. The quantitative estimate of drug-likeness (QED) is 0.587. The summed E-state index contributed by atoms with van der Waals surface area (Å²) >= 11 is 0. The number of fused-ring (bicyclic) bond motifs is 1. The maximum absolute atomic E-state index is 9.89. The lowest BCUT2D eigenvalue weighted by molar-refractivity contribution is -0.280. The van der Waals surface area contributed by atoms with Gasteiger partial charge in [-0.15, -0.1) is 0 Å². The molecular formula is C14H17NO7. The van der Waals surface area contributed by atoms with Crippen LogP contribution < -0.4 is 4.74 Å². The Bertz CT molecular complexity index is 656. The Morgan fingerprint density at radius 3 is 2.68 bits per heavy atom. The van der Waals surface area contributed by atoms with Crippen molar-refractivity contribution in [2.75, 3.05) is 6.61 Å². The third kappa shape index (κ3) is 2.67. The van der Waals surface area contributed by atoms with Gasteiger partial charge in [-0.25, -0.2) is 0 Å². The van der Waals surface area contributed by atoms with Crippen LogP contribution in [0.1, 0.15) is 5.56 Å². The largest absolute Gasteiger partial charge is 0.417 e. The Labute approximate surface area is 125 Å². The van der Waals surface area contributed by atoms with Crippen molar-refractivity contribution in [1.29, 1.82) is 0 Å². The molecule has 1 aromatic heterocycles. The number of oxazole rings is 1. The Morgan fingerprint density at radius 2 is 1.95 bits per heavy atom. The molecular weight excluding hydrogens is 294 g/mol. The van der Waals surface area contributed by atoms with Gasteiger partial charge in [0.1, 0.15) is 29.9 Å². The van der Waals surface area contributed by atoms with Crippen molar-refractivity contribution in [3.63, 3.8) is 0 Å². The van der Waals surface area contributed by atoms with Crippen LogP contribution in [-0.4, -0.2) is 62.7 Å². The van der Waals surface area contributed by atoms with Gasteiger partial charge in [-0.1, -0.05) is 6.07 Å². The topological polar surface area (TPSA) is 125 Å². The fourth-order valence-corrected chi connectivity index (χ4v) is 2.33. The average Bonchev–Trinajstić information content (AvgIpc) is 2.89. The van der Waals surface area contributed by atoms with E-state index in [0.29, 0.717) is 11.1 Å². The average molecular weight is 311 g/mol. The summed E-state index contributed by atoms with van der Waals surface area (Å²) in [4.78, 5) is 4.11. The number of aryl methyl sites for hydroxylation is 1. The Morgan fingerprint density at radius 1 is 1.18 bits per heavy atom. The van der Waals surface area contributed by atoms with Crippen LogP contribution >= 0.6 is 0 Å². The fraction of sp³-hybridized carbons (Fsp3) is 0.500. The fourth-order valence-electron chi connectivity index (χ4n) is 2.33. The Kier molecular flexibility index (Phi) is 4.02. The number of nitrogens with zero attached hydrogens (tertiary/aromatic N) is 1. The predicted molar refractivity (Wildman–Crippen MR) is 73.1 cm³/mol. The highest BCUT2D eigenvalue weighted by Gasteiger charge is 2.45. The molecule has 22 heavy (non-hydrogen) atoms. The molecule has 0 unspecified atom stereocenters. The first kappa shape index (κ1) is 15.2. The summed E-state index contributed by atoms with van der Waals surface area (Å²) in [5, 5.41) is 38.4. The lowest BCUT2D eigenvalue weighted by atomic mass is 9.99. The van der Waals surface area contributed by atoms with Gasteiger partial charge in [0.15, 0.2) is 5.58 Å². The first-order valence-electron chi connectivity index (χ1n) is 6.84. The summed E-state index contributed by atoms with van der Waals surface area (Å²) < 4.78 is 15.9. The molecule has 4 N–H and O–H groups in total. The SMILES string of the molecule is Cc1ccc2oc(O[C@@H]3O[C@H](CO)[C@@H](O)[C@H](O)[C@H]3O)nc2c1. The van der Waals surface area contributed by atoms with Crippen LogP contribution in [0.4, 0.5) is 0 Å². The van der Waals surface area contributed by atoms with Crippen LogP contribution in [0.5, 0.6) is 6.08 Å². The standard InChI is InChI=1S/C14H17NO7/c1-6-2-3-8-7(4-6)15-14(21-8)22-13-12(19)11(18)10(17)9(5-16)20-13/h2-4,9-13,16-19H,5H2,1H3/t9-,10-,11+,12-,13+/m1/s1. The molecule has 0 radical (unpaired) electrons. The molecule has 2 heterocycles. The molecule has 120 valence electrons. The lowest BCUT2D eigenvalue weighted by Gasteiger charge is -2.38. The molecule has 1 saturated heterocycles. The van der Waals surface area contributed by atoms with Crippen LogP contribution in [-0.2, 0) is 4.74 Å². The number of aliphatic hydroxyl groups excluding tert-OH is 4. The minimum absolute atomic E-state index is 0.134. The van der Waals surface area contributed by atoms with Gasteiger partial charge in [0.2, 0.25) is 6.29 Å². The Balaban J connectivity index is 1.80. The van der Waals surface area contributed by atoms with Crippen molar-refractivity contribution < 1.29 is 34.3 Å².